The zero-order valence-electron chi connectivity index (χ0n) is 11.3. The molecule has 0 unspecified atom stereocenters. The Bertz CT molecular complexity index is 111. The summed E-state index contributed by atoms with van der Waals surface area (Å²) >= 11 is 0. The molecule has 1 N–H and O–H groups in total. The molecule has 1 saturated heterocycles. The van der Waals surface area contributed by atoms with Crippen molar-refractivity contribution in [1.82, 2.24) is 5.32 Å². The molecule has 0 amide bonds. The number of rotatable bonds is 5. The third-order valence-corrected chi connectivity index (χ3v) is 3.37. The minimum Gasteiger partial charge on any atom is -0.317 e. The number of hydrogen-bond donors (Lipinski definition) is 1. The van der Waals surface area contributed by atoms with Crippen molar-refractivity contribution in [3.05, 3.63) is 0 Å². The Morgan fingerprint density at radius 1 is 1.00 bits per heavy atom. The van der Waals surface area contributed by atoms with Gasteiger partial charge in [0.1, 0.15) is 0 Å². The van der Waals surface area contributed by atoms with E-state index in [2.05, 4.69) is 19.2 Å². The van der Waals surface area contributed by atoms with Crippen LogP contribution in [0.3, 0.4) is 0 Å². The largest absolute Gasteiger partial charge is 0.317 e. The van der Waals surface area contributed by atoms with Gasteiger partial charge in [0.2, 0.25) is 0 Å². The van der Waals surface area contributed by atoms with Crippen LogP contribution in [0.2, 0.25) is 0 Å². The Balaban J connectivity index is 0.000000921. The van der Waals surface area contributed by atoms with E-state index in [-0.39, 0.29) is 0 Å². The van der Waals surface area contributed by atoms with E-state index in [1.807, 2.05) is 13.8 Å². The highest BCUT2D eigenvalue weighted by atomic mass is 14.9. The first-order valence-electron chi connectivity index (χ1n) is 7.09. The van der Waals surface area contributed by atoms with Crippen LogP contribution in [-0.4, -0.2) is 13.1 Å². The van der Waals surface area contributed by atoms with Gasteiger partial charge in [-0.05, 0) is 37.8 Å². The molecule has 1 fully saturated rings. The Morgan fingerprint density at radius 2 is 1.47 bits per heavy atom. The highest BCUT2D eigenvalue weighted by Crippen LogP contribution is 2.29. The van der Waals surface area contributed by atoms with Gasteiger partial charge < -0.3 is 5.32 Å². The van der Waals surface area contributed by atoms with Crippen LogP contribution in [0.25, 0.3) is 0 Å². The van der Waals surface area contributed by atoms with Crippen molar-refractivity contribution in [3.63, 3.8) is 0 Å². The Hall–Kier alpha value is -0.0400. The van der Waals surface area contributed by atoms with Gasteiger partial charge in [0.05, 0.1) is 0 Å². The average Bonchev–Trinajstić information content (AvgIpc) is 2.33. The zero-order valence-corrected chi connectivity index (χ0v) is 11.3. The Labute approximate surface area is 97.0 Å². The van der Waals surface area contributed by atoms with E-state index in [0.29, 0.717) is 0 Å². The Kier molecular flexibility index (Phi) is 10.4. The summed E-state index contributed by atoms with van der Waals surface area (Å²) in [6.45, 7) is 11.2. The van der Waals surface area contributed by atoms with Gasteiger partial charge in [-0.1, -0.05) is 53.4 Å². The summed E-state index contributed by atoms with van der Waals surface area (Å²) in [5.41, 5.74) is 0. The first-order valence-corrected chi connectivity index (χ1v) is 7.09. The summed E-state index contributed by atoms with van der Waals surface area (Å²) < 4.78 is 0. The molecule has 1 rings (SSSR count). The van der Waals surface area contributed by atoms with Crippen molar-refractivity contribution in [2.24, 2.45) is 11.8 Å². The van der Waals surface area contributed by atoms with Crippen LogP contribution in [0.15, 0.2) is 0 Å². The molecule has 0 bridgehead atoms. The van der Waals surface area contributed by atoms with Crippen LogP contribution in [-0.2, 0) is 0 Å². The van der Waals surface area contributed by atoms with Gasteiger partial charge in [-0.2, -0.15) is 0 Å². The van der Waals surface area contributed by atoms with E-state index in [1.165, 1.54) is 51.6 Å². The fraction of sp³-hybridized carbons (Fsp3) is 1.00. The van der Waals surface area contributed by atoms with Crippen LogP contribution in [0.4, 0.5) is 0 Å². The van der Waals surface area contributed by atoms with Crippen molar-refractivity contribution in [3.8, 4) is 0 Å². The van der Waals surface area contributed by atoms with E-state index in [4.69, 9.17) is 0 Å². The summed E-state index contributed by atoms with van der Waals surface area (Å²) in [5.74, 6) is 2.05. The quantitative estimate of drug-likeness (QED) is 0.720. The van der Waals surface area contributed by atoms with E-state index in [0.717, 1.165) is 11.8 Å². The molecule has 1 nitrogen and oxygen atoms in total. The summed E-state index contributed by atoms with van der Waals surface area (Å²) in [4.78, 5) is 0. The van der Waals surface area contributed by atoms with Gasteiger partial charge >= 0.3 is 0 Å². The molecule has 0 aromatic heterocycles. The van der Waals surface area contributed by atoms with Crippen molar-refractivity contribution in [2.45, 2.75) is 66.2 Å². The summed E-state index contributed by atoms with van der Waals surface area (Å²) in [7, 11) is 0. The molecular weight excluding hydrogens is 182 g/mol. The summed E-state index contributed by atoms with van der Waals surface area (Å²) in [5, 5.41) is 3.45. The van der Waals surface area contributed by atoms with Crippen molar-refractivity contribution in [2.75, 3.05) is 13.1 Å². The molecule has 0 spiro atoms. The molecule has 1 heteroatoms. The molecule has 0 aliphatic carbocycles. The predicted molar refractivity (Wildman–Crippen MR) is 70.2 cm³/mol. The maximum Gasteiger partial charge on any atom is -0.00462 e. The van der Waals surface area contributed by atoms with Crippen LogP contribution >= 0.6 is 0 Å². The normalized spacial score (nSPS) is 17.4. The molecule has 15 heavy (non-hydrogen) atoms. The highest BCUT2D eigenvalue weighted by molar-refractivity contribution is 4.75. The number of piperidine rings is 1. The topological polar surface area (TPSA) is 12.0 Å². The fourth-order valence-electron chi connectivity index (χ4n) is 2.67. The van der Waals surface area contributed by atoms with Crippen molar-refractivity contribution < 1.29 is 0 Å². The molecule has 0 aromatic carbocycles. The van der Waals surface area contributed by atoms with Crippen LogP contribution in [0, 0.1) is 11.8 Å². The van der Waals surface area contributed by atoms with E-state index in [1.54, 1.807) is 0 Å². The van der Waals surface area contributed by atoms with Crippen LogP contribution < -0.4 is 5.32 Å². The first-order chi connectivity index (χ1) is 7.38. The van der Waals surface area contributed by atoms with E-state index < -0.39 is 0 Å². The lowest BCUT2D eigenvalue weighted by Gasteiger charge is -2.30. The second kappa shape index (κ2) is 10.5. The van der Waals surface area contributed by atoms with Gasteiger partial charge in [0.15, 0.2) is 0 Å². The lowest BCUT2D eigenvalue weighted by molar-refractivity contribution is 0.231. The van der Waals surface area contributed by atoms with Gasteiger partial charge in [-0.3, -0.25) is 0 Å². The molecule has 1 aliphatic heterocycles. The second-order valence-corrected chi connectivity index (χ2v) is 4.42. The van der Waals surface area contributed by atoms with Gasteiger partial charge in [0, 0.05) is 0 Å². The van der Waals surface area contributed by atoms with Gasteiger partial charge in [0.25, 0.3) is 0 Å². The third-order valence-electron chi connectivity index (χ3n) is 3.37. The average molecular weight is 213 g/mol. The van der Waals surface area contributed by atoms with Gasteiger partial charge in [-0.25, -0.2) is 0 Å². The minimum absolute atomic E-state index is 1.03. The molecule has 1 aliphatic rings. The number of hydrogen-bond acceptors (Lipinski definition) is 1. The second-order valence-electron chi connectivity index (χ2n) is 4.42. The van der Waals surface area contributed by atoms with Crippen molar-refractivity contribution >= 4 is 0 Å². The fourth-order valence-corrected chi connectivity index (χ4v) is 2.67. The SMILES string of the molecule is CC.CCCC(CCC)C1CCNCC1. The highest BCUT2D eigenvalue weighted by Gasteiger charge is 2.21. The molecule has 0 saturated carbocycles. The van der Waals surface area contributed by atoms with Crippen molar-refractivity contribution in [1.29, 1.82) is 0 Å². The van der Waals surface area contributed by atoms with E-state index in [9.17, 15) is 0 Å². The predicted octanol–water partition coefficient (Wildman–Crippen LogP) is 4.23. The standard InChI is InChI=1S/C12H25N.C2H6/c1-3-5-11(6-4-2)12-7-9-13-10-8-12;1-2/h11-13H,3-10H2,1-2H3;1-2H3. The molecular formula is C14H31N. The van der Waals surface area contributed by atoms with E-state index >= 15 is 0 Å². The molecule has 92 valence electrons. The smallest absolute Gasteiger partial charge is 0.00462 e. The number of nitrogens with one attached hydrogen (secondary N) is 1. The minimum atomic E-state index is 1.03. The van der Waals surface area contributed by atoms with Crippen LogP contribution in [0.1, 0.15) is 66.2 Å². The summed E-state index contributed by atoms with van der Waals surface area (Å²) in [6.07, 6.45) is 8.50. The van der Waals surface area contributed by atoms with Gasteiger partial charge in [-0.15, -0.1) is 0 Å². The molecule has 0 aromatic rings. The maximum atomic E-state index is 3.45. The maximum absolute atomic E-state index is 3.45. The lowest BCUT2D eigenvalue weighted by Crippen LogP contribution is -2.31. The molecule has 1 heterocycles. The zero-order chi connectivity index (χ0) is 11.5. The summed E-state index contributed by atoms with van der Waals surface area (Å²) in [6, 6.07) is 0. The third kappa shape index (κ3) is 6.19. The Morgan fingerprint density at radius 3 is 1.87 bits per heavy atom. The monoisotopic (exact) mass is 213 g/mol. The van der Waals surface area contributed by atoms with Crippen LogP contribution in [0.5, 0.6) is 0 Å². The molecule has 0 atom stereocenters. The molecule has 0 radical (unpaired) electrons. The lowest BCUT2D eigenvalue weighted by atomic mass is 9.80. The first kappa shape index (κ1) is 15.0.